The van der Waals surface area contributed by atoms with Crippen LogP contribution in [0.25, 0.3) is 11.1 Å². The molecule has 0 aliphatic heterocycles. The lowest BCUT2D eigenvalue weighted by Crippen LogP contribution is -2.25. The zero-order valence-corrected chi connectivity index (χ0v) is 16.5. The number of carbonyl (C=O) groups excluding carboxylic acids is 1. The SMILES string of the molecule is CCOc1c(C)cc(-c2cc3c(cc2F)[C@H](OC(N)=O)C(C)(C)C3)cc1C. The van der Waals surface area contributed by atoms with E-state index in [1.165, 1.54) is 6.07 Å². The molecule has 3 rings (SSSR count). The van der Waals surface area contributed by atoms with E-state index in [1.807, 2.05) is 52.8 Å². The molecular formula is C22H26FNO3. The second-order valence-corrected chi connectivity index (χ2v) is 7.89. The summed E-state index contributed by atoms with van der Waals surface area (Å²) in [6, 6.07) is 7.24. The molecule has 2 aromatic carbocycles. The summed E-state index contributed by atoms with van der Waals surface area (Å²) in [5, 5.41) is 0. The van der Waals surface area contributed by atoms with Crippen LogP contribution in [0.5, 0.6) is 5.75 Å². The van der Waals surface area contributed by atoms with E-state index in [2.05, 4.69) is 0 Å². The Morgan fingerprint density at radius 1 is 1.22 bits per heavy atom. The first-order valence-corrected chi connectivity index (χ1v) is 9.17. The van der Waals surface area contributed by atoms with E-state index < -0.39 is 12.2 Å². The van der Waals surface area contributed by atoms with Crippen molar-refractivity contribution in [3.63, 3.8) is 0 Å². The summed E-state index contributed by atoms with van der Waals surface area (Å²) in [5.74, 6) is 0.506. The number of hydrogen-bond acceptors (Lipinski definition) is 3. The van der Waals surface area contributed by atoms with Crippen LogP contribution >= 0.6 is 0 Å². The number of fused-ring (bicyclic) bond motifs is 1. The molecule has 0 saturated heterocycles. The Kier molecular flexibility index (Phi) is 4.89. The summed E-state index contributed by atoms with van der Waals surface area (Å²) in [4.78, 5) is 11.3. The van der Waals surface area contributed by atoms with E-state index >= 15 is 4.39 Å². The highest BCUT2D eigenvalue weighted by Crippen LogP contribution is 2.49. The molecule has 1 aliphatic carbocycles. The Morgan fingerprint density at radius 3 is 2.41 bits per heavy atom. The van der Waals surface area contributed by atoms with Gasteiger partial charge >= 0.3 is 6.09 Å². The molecule has 1 amide bonds. The van der Waals surface area contributed by atoms with Gasteiger partial charge in [0, 0.05) is 11.0 Å². The Labute approximate surface area is 159 Å². The molecule has 4 nitrogen and oxygen atoms in total. The predicted molar refractivity (Wildman–Crippen MR) is 103 cm³/mol. The number of amides is 1. The molecule has 0 aromatic heterocycles. The Hall–Kier alpha value is -2.56. The fraction of sp³-hybridized carbons (Fsp3) is 0.409. The molecule has 0 bridgehead atoms. The molecule has 27 heavy (non-hydrogen) atoms. The third-order valence-corrected chi connectivity index (χ3v) is 5.16. The van der Waals surface area contributed by atoms with Crippen LogP contribution in [0, 0.1) is 25.1 Å². The zero-order chi connectivity index (χ0) is 19.9. The molecule has 0 heterocycles. The van der Waals surface area contributed by atoms with Crippen molar-refractivity contribution in [2.45, 2.75) is 47.1 Å². The van der Waals surface area contributed by atoms with Gasteiger partial charge in [-0.15, -0.1) is 0 Å². The average molecular weight is 371 g/mol. The number of carbonyl (C=O) groups is 1. The van der Waals surface area contributed by atoms with Crippen LogP contribution in [0.4, 0.5) is 9.18 Å². The lowest BCUT2D eigenvalue weighted by Gasteiger charge is -2.26. The zero-order valence-electron chi connectivity index (χ0n) is 16.5. The number of rotatable bonds is 4. The number of hydrogen-bond donors (Lipinski definition) is 1. The molecule has 2 N–H and O–H groups in total. The highest BCUT2D eigenvalue weighted by Gasteiger charge is 2.42. The van der Waals surface area contributed by atoms with Crippen LogP contribution in [0.1, 0.15) is 49.1 Å². The molecule has 144 valence electrons. The number of primary amides is 1. The number of ether oxygens (including phenoxy) is 2. The van der Waals surface area contributed by atoms with Gasteiger partial charge in [0.05, 0.1) is 6.61 Å². The minimum absolute atomic E-state index is 0.340. The standard InChI is InChI=1S/C22H26FNO3/c1-6-26-19-12(2)7-14(8-13(19)3)16-9-15-11-22(4,5)20(27-21(24)25)17(15)10-18(16)23/h7-10,20H,6,11H2,1-5H3,(H2,24,25)/t20-/m0/s1. The maximum atomic E-state index is 15.0. The third-order valence-electron chi connectivity index (χ3n) is 5.16. The molecule has 2 aromatic rings. The van der Waals surface area contributed by atoms with Crippen molar-refractivity contribution in [2.24, 2.45) is 11.1 Å². The fourth-order valence-electron chi connectivity index (χ4n) is 4.07. The van der Waals surface area contributed by atoms with E-state index in [4.69, 9.17) is 15.2 Å². The van der Waals surface area contributed by atoms with Crippen LogP contribution in [0.2, 0.25) is 0 Å². The fourth-order valence-corrected chi connectivity index (χ4v) is 4.07. The summed E-state index contributed by atoms with van der Waals surface area (Å²) in [6.45, 7) is 10.4. The van der Waals surface area contributed by atoms with Crippen LogP contribution in [-0.4, -0.2) is 12.7 Å². The van der Waals surface area contributed by atoms with Crippen molar-refractivity contribution in [3.05, 3.63) is 52.3 Å². The highest BCUT2D eigenvalue weighted by atomic mass is 19.1. The average Bonchev–Trinajstić information content (AvgIpc) is 2.79. The number of benzene rings is 2. The minimum Gasteiger partial charge on any atom is -0.493 e. The lowest BCUT2D eigenvalue weighted by atomic mass is 9.87. The Balaban J connectivity index is 2.07. The van der Waals surface area contributed by atoms with Crippen LogP contribution in [-0.2, 0) is 11.2 Å². The first-order valence-electron chi connectivity index (χ1n) is 9.17. The van der Waals surface area contributed by atoms with Crippen molar-refractivity contribution in [1.29, 1.82) is 0 Å². The van der Waals surface area contributed by atoms with Crippen molar-refractivity contribution < 1.29 is 18.7 Å². The van der Waals surface area contributed by atoms with E-state index in [-0.39, 0.29) is 11.2 Å². The quantitative estimate of drug-likeness (QED) is 0.801. The normalized spacial score (nSPS) is 17.5. The van der Waals surface area contributed by atoms with Gasteiger partial charge in [0.1, 0.15) is 17.7 Å². The number of halogens is 1. The van der Waals surface area contributed by atoms with Gasteiger partial charge in [-0.25, -0.2) is 9.18 Å². The molecule has 0 saturated carbocycles. The summed E-state index contributed by atoms with van der Waals surface area (Å²) in [7, 11) is 0. The molecule has 0 spiro atoms. The van der Waals surface area contributed by atoms with Gasteiger partial charge in [-0.3, -0.25) is 0 Å². The van der Waals surface area contributed by atoms with Gasteiger partial charge in [-0.2, -0.15) is 0 Å². The van der Waals surface area contributed by atoms with Gasteiger partial charge in [0.25, 0.3) is 0 Å². The minimum atomic E-state index is -0.844. The van der Waals surface area contributed by atoms with Gasteiger partial charge < -0.3 is 15.2 Å². The summed E-state index contributed by atoms with van der Waals surface area (Å²) in [6.07, 6.45) is -0.705. The summed E-state index contributed by atoms with van der Waals surface area (Å²) in [5.41, 5.74) is 9.85. The molecule has 0 unspecified atom stereocenters. The number of nitrogens with two attached hydrogens (primary N) is 1. The van der Waals surface area contributed by atoms with Crippen molar-refractivity contribution >= 4 is 6.09 Å². The molecular weight excluding hydrogens is 345 g/mol. The van der Waals surface area contributed by atoms with E-state index in [9.17, 15) is 4.79 Å². The van der Waals surface area contributed by atoms with Crippen LogP contribution < -0.4 is 10.5 Å². The van der Waals surface area contributed by atoms with Crippen molar-refractivity contribution in [2.75, 3.05) is 6.61 Å². The van der Waals surface area contributed by atoms with Crippen molar-refractivity contribution in [1.82, 2.24) is 0 Å². The molecule has 1 atom stereocenters. The molecule has 0 fully saturated rings. The predicted octanol–water partition coefficient (Wildman–Crippen LogP) is 5.23. The van der Waals surface area contributed by atoms with Crippen LogP contribution in [0.3, 0.4) is 0 Å². The molecule has 0 radical (unpaired) electrons. The largest absolute Gasteiger partial charge is 0.493 e. The smallest absolute Gasteiger partial charge is 0.405 e. The van der Waals surface area contributed by atoms with Gasteiger partial charge in [0.2, 0.25) is 0 Å². The second-order valence-electron chi connectivity index (χ2n) is 7.89. The topological polar surface area (TPSA) is 61.6 Å². The monoisotopic (exact) mass is 371 g/mol. The molecule has 5 heteroatoms. The van der Waals surface area contributed by atoms with Crippen molar-refractivity contribution in [3.8, 4) is 16.9 Å². The van der Waals surface area contributed by atoms with Crippen LogP contribution in [0.15, 0.2) is 24.3 Å². The lowest BCUT2D eigenvalue weighted by molar-refractivity contribution is 0.0391. The number of aryl methyl sites for hydroxylation is 2. The van der Waals surface area contributed by atoms with E-state index in [0.717, 1.165) is 28.0 Å². The first kappa shape index (κ1) is 19.2. The van der Waals surface area contributed by atoms with E-state index in [0.29, 0.717) is 24.2 Å². The maximum Gasteiger partial charge on any atom is 0.405 e. The maximum absolute atomic E-state index is 15.0. The molecule has 1 aliphatic rings. The Bertz CT molecular complexity index is 882. The van der Waals surface area contributed by atoms with Gasteiger partial charge in [-0.1, -0.05) is 13.8 Å². The second kappa shape index (κ2) is 6.87. The summed E-state index contributed by atoms with van der Waals surface area (Å²) < 4.78 is 26.0. The summed E-state index contributed by atoms with van der Waals surface area (Å²) >= 11 is 0. The van der Waals surface area contributed by atoms with Gasteiger partial charge in [-0.05, 0) is 79.3 Å². The Morgan fingerprint density at radius 2 is 1.85 bits per heavy atom. The highest BCUT2D eigenvalue weighted by molar-refractivity contribution is 5.70. The van der Waals surface area contributed by atoms with Gasteiger partial charge in [0.15, 0.2) is 0 Å². The third kappa shape index (κ3) is 3.51. The van der Waals surface area contributed by atoms with E-state index in [1.54, 1.807) is 0 Å². The first-order chi connectivity index (χ1) is 12.6.